The van der Waals surface area contributed by atoms with Crippen molar-refractivity contribution in [2.75, 3.05) is 53.3 Å². The van der Waals surface area contributed by atoms with Crippen molar-refractivity contribution in [2.45, 2.75) is 33.1 Å². The Morgan fingerprint density at radius 2 is 1.69 bits per heavy atom. The van der Waals surface area contributed by atoms with Crippen molar-refractivity contribution < 1.29 is 23.5 Å². The van der Waals surface area contributed by atoms with Gasteiger partial charge in [0.1, 0.15) is 17.3 Å². The van der Waals surface area contributed by atoms with Gasteiger partial charge in [0, 0.05) is 48.7 Å². The van der Waals surface area contributed by atoms with Crippen LogP contribution in [0.2, 0.25) is 0 Å². The molecule has 52 heavy (non-hydrogen) atoms. The summed E-state index contributed by atoms with van der Waals surface area (Å²) in [6.45, 7) is 7.30. The SMILES string of the molecule is Cc1cnc(N2CCC3(CC2)COC3)c(C(=O)Nc2ccc(C(=O)N3CCc4cc(C(=O)Nc5c(C)cccc5F)sc4-c4ncccc43)cc2)c1. The fraction of sp³-hybridized carbons (Fsp3) is 0.275. The van der Waals surface area contributed by atoms with E-state index in [1.165, 1.54) is 17.4 Å². The molecule has 6 heterocycles. The first-order valence-corrected chi connectivity index (χ1v) is 18.2. The maximum Gasteiger partial charge on any atom is 0.265 e. The lowest BCUT2D eigenvalue weighted by atomic mass is 9.77. The smallest absolute Gasteiger partial charge is 0.265 e. The van der Waals surface area contributed by atoms with Crippen molar-refractivity contribution in [3.63, 3.8) is 0 Å². The lowest BCUT2D eigenvalue weighted by Gasteiger charge is -2.47. The quantitative estimate of drug-likeness (QED) is 0.190. The minimum absolute atomic E-state index is 0.157. The molecule has 3 amide bonds. The van der Waals surface area contributed by atoms with E-state index in [-0.39, 0.29) is 22.9 Å². The van der Waals surface area contributed by atoms with Gasteiger partial charge in [0.25, 0.3) is 17.7 Å². The maximum absolute atomic E-state index is 14.4. The van der Waals surface area contributed by atoms with E-state index >= 15 is 0 Å². The van der Waals surface area contributed by atoms with Gasteiger partial charge in [0.05, 0.1) is 39.9 Å². The number of rotatable bonds is 6. The van der Waals surface area contributed by atoms with Crippen LogP contribution < -0.4 is 20.4 Å². The number of aromatic nitrogens is 2. The molecule has 2 fully saturated rings. The van der Waals surface area contributed by atoms with Crippen LogP contribution in [-0.2, 0) is 11.2 Å². The molecule has 3 aliphatic heterocycles. The van der Waals surface area contributed by atoms with E-state index in [9.17, 15) is 18.8 Å². The Morgan fingerprint density at radius 3 is 2.42 bits per heavy atom. The first-order chi connectivity index (χ1) is 25.2. The van der Waals surface area contributed by atoms with Gasteiger partial charge >= 0.3 is 0 Å². The average molecular weight is 717 g/mol. The molecule has 0 bridgehead atoms. The molecule has 2 N–H and O–H groups in total. The Morgan fingerprint density at radius 1 is 0.904 bits per heavy atom. The molecule has 10 nitrogen and oxygen atoms in total. The monoisotopic (exact) mass is 716 g/mol. The number of piperidine rings is 1. The van der Waals surface area contributed by atoms with Gasteiger partial charge in [-0.25, -0.2) is 9.37 Å². The van der Waals surface area contributed by atoms with Gasteiger partial charge in [-0.2, -0.15) is 0 Å². The van der Waals surface area contributed by atoms with Crippen LogP contribution in [0, 0.1) is 25.1 Å². The van der Waals surface area contributed by atoms with Crippen molar-refractivity contribution >= 4 is 51.9 Å². The molecule has 3 aliphatic rings. The summed E-state index contributed by atoms with van der Waals surface area (Å²) in [5.41, 5.74) is 5.62. The second-order valence-electron chi connectivity index (χ2n) is 13.8. The summed E-state index contributed by atoms with van der Waals surface area (Å²) in [4.78, 5) is 55.3. The van der Waals surface area contributed by atoms with E-state index in [1.807, 2.05) is 19.1 Å². The number of nitrogens with one attached hydrogen (secondary N) is 2. The second-order valence-corrected chi connectivity index (χ2v) is 14.9. The normalized spacial score (nSPS) is 16.0. The molecule has 0 saturated carbocycles. The van der Waals surface area contributed by atoms with E-state index in [2.05, 4.69) is 25.5 Å². The maximum atomic E-state index is 14.4. The molecule has 3 aromatic heterocycles. The number of benzene rings is 2. The Bertz CT molecular complexity index is 2190. The molecule has 2 aromatic carbocycles. The number of thiophene rings is 1. The number of anilines is 4. The number of amides is 3. The standard InChI is InChI=1S/C40H37FN6O4S/c1-24-19-29(36(43-21-24)46-17-13-40(14-18-46)22-51-23-40)37(48)44-28-10-8-26(9-11-28)39(50)47-16-12-27-20-32(52-35(27)34-31(47)7-4-15-42-34)38(49)45-33-25(2)5-3-6-30(33)41/h3-11,15,19-21H,12-14,16-18,22-23H2,1-2H3,(H,44,48)(H,45,49). The largest absolute Gasteiger partial charge is 0.380 e. The minimum Gasteiger partial charge on any atom is -0.380 e. The van der Waals surface area contributed by atoms with Gasteiger partial charge in [-0.3, -0.25) is 19.4 Å². The molecule has 0 atom stereocenters. The number of hydrogen-bond acceptors (Lipinski definition) is 8. The van der Waals surface area contributed by atoms with Crippen molar-refractivity contribution in [3.8, 4) is 10.6 Å². The highest BCUT2D eigenvalue weighted by Crippen LogP contribution is 2.42. The van der Waals surface area contributed by atoms with Gasteiger partial charge < -0.3 is 25.2 Å². The van der Waals surface area contributed by atoms with Crippen LogP contribution in [0.25, 0.3) is 10.6 Å². The molecule has 12 heteroatoms. The highest BCUT2D eigenvalue weighted by Gasteiger charge is 2.42. The summed E-state index contributed by atoms with van der Waals surface area (Å²) in [6.07, 6.45) is 5.98. The van der Waals surface area contributed by atoms with Crippen LogP contribution in [0.3, 0.4) is 0 Å². The van der Waals surface area contributed by atoms with Crippen LogP contribution in [0.4, 0.5) is 27.3 Å². The van der Waals surface area contributed by atoms with E-state index in [0.717, 1.165) is 55.1 Å². The summed E-state index contributed by atoms with van der Waals surface area (Å²) in [5, 5.41) is 5.73. The first-order valence-electron chi connectivity index (χ1n) is 17.4. The van der Waals surface area contributed by atoms with E-state index < -0.39 is 11.7 Å². The molecule has 1 spiro atoms. The molecule has 0 radical (unpaired) electrons. The topological polar surface area (TPSA) is 117 Å². The van der Waals surface area contributed by atoms with E-state index in [1.54, 1.807) is 72.7 Å². The zero-order valence-electron chi connectivity index (χ0n) is 28.9. The van der Waals surface area contributed by atoms with Crippen molar-refractivity contribution in [3.05, 3.63) is 118 Å². The van der Waals surface area contributed by atoms with Gasteiger partial charge in [-0.15, -0.1) is 11.3 Å². The molecule has 8 rings (SSSR count). The Labute approximate surface area is 304 Å². The van der Waals surface area contributed by atoms with Gasteiger partial charge in [-0.1, -0.05) is 12.1 Å². The number of hydrogen-bond donors (Lipinski definition) is 2. The number of pyridine rings is 2. The number of ether oxygens (including phenoxy) is 1. The third-order valence-electron chi connectivity index (χ3n) is 10.2. The Kier molecular flexibility index (Phi) is 8.80. The number of halogens is 1. The van der Waals surface area contributed by atoms with Crippen LogP contribution >= 0.6 is 11.3 Å². The first kappa shape index (κ1) is 33.7. The second kappa shape index (κ2) is 13.6. The molecular weight excluding hydrogens is 680 g/mol. The summed E-state index contributed by atoms with van der Waals surface area (Å²) >= 11 is 1.27. The van der Waals surface area contributed by atoms with Gasteiger partial charge in [0.2, 0.25) is 0 Å². The predicted molar refractivity (Wildman–Crippen MR) is 200 cm³/mol. The zero-order chi connectivity index (χ0) is 36.0. The summed E-state index contributed by atoms with van der Waals surface area (Å²) in [5.74, 6) is -0.678. The minimum atomic E-state index is -0.494. The lowest BCUT2D eigenvalue weighted by Crippen LogP contribution is -2.51. The molecular formula is C40H37FN6O4S. The summed E-state index contributed by atoms with van der Waals surface area (Å²) in [7, 11) is 0. The third-order valence-corrected chi connectivity index (χ3v) is 11.4. The van der Waals surface area contributed by atoms with Crippen molar-refractivity contribution in [1.82, 2.24) is 9.97 Å². The van der Waals surface area contributed by atoms with Crippen LogP contribution in [-0.4, -0.2) is 60.5 Å². The molecule has 0 aliphatic carbocycles. The summed E-state index contributed by atoms with van der Waals surface area (Å²) in [6, 6.07) is 18.8. The number of carbonyl (C=O) groups excluding carboxylic acids is 3. The lowest BCUT2D eigenvalue weighted by molar-refractivity contribution is -0.124. The molecule has 5 aromatic rings. The fourth-order valence-corrected chi connectivity index (χ4v) is 8.26. The molecule has 2 saturated heterocycles. The van der Waals surface area contributed by atoms with Gasteiger partial charge in [0.15, 0.2) is 0 Å². The number of aryl methyl sites for hydroxylation is 2. The van der Waals surface area contributed by atoms with E-state index in [4.69, 9.17) is 4.74 Å². The predicted octanol–water partition coefficient (Wildman–Crippen LogP) is 7.29. The highest BCUT2D eigenvalue weighted by molar-refractivity contribution is 7.17. The molecule has 0 unspecified atom stereocenters. The fourth-order valence-electron chi connectivity index (χ4n) is 7.15. The van der Waals surface area contributed by atoms with Crippen LogP contribution in [0.5, 0.6) is 0 Å². The van der Waals surface area contributed by atoms with Gasteiger partial charge in [-0.05, 0) is 104 Å². The zero-order valence-corrected chi connectivity index (χ0v) is 29.7. The average Bonchev–Trinajstić information content (AvgIpc) is 3.51. The number of fused-ring (bicyclic) bond motifs is 3. The van der Waals surface area contributed by atoms with E-state index in [0.29, 0.717) is 57.4 Å². The van der Waals surface area contributed by atoms with Crippen LogP contribution in [0.15, 0.2) is 79.1 Å². The highest BCUT2D eigenvalue weighted by atomic mass is 32.1. The van der Waals surface area contributed by atoms with Crippen molar-refractivity contribution in [1.29, 1.82) is 0 Å². The summed E-state index contributed by atoms with van der Waals surface area (Å²) < 4.78 is 19.9. The van der Waals surface area contributed by atoms with Crippen LogP contribution in [0.1, 0.15) is 59.9 Å². The van der Waals surface area contributed by atoms with Crippen molar-refractivity contribution in [2.24, 2.45) is 5.41 Å². The third kappa shape index (κ3) is 6.33. The molecule has 264 valence electrons. The number of carbonyl (C=O) groups is 3. The Hall–Kier alpha value is -5.46. The number of para-hydroxylation sites is 1. The number of nitrogens with zero attached hydrogens (tertiary/aromatic N) is 4. The Balaban J connectivity index is 0.978.